The Balaban J connectivity index is 1.78. The third kappa shape index (κ3) is 3.67. The molecule has 1 amide bonds. The second-order valence-corrected chi connectivity index (χ2v) is 7.20. The summed E-state index contributed by atoms with van der Waals surface area (Å²) in [7, 11) is 0. The van der Waals surface area contributed by atoms with Gasteiger partial charge in [-0.2, -0.15) is 0 Å². The monoisotopic (exact) mass is 395 g/mol. The van der Waals surface area contributed by atoms with Gasteiger partial charge in [-0.15, -0.1) is 0 Å². The minimum absolute atomic E-state index is 0.0832. The molecule has 0 bridgehead atoms. The minimum atomic E-state index is -0.701. The number of benzene rings is 3. The van der Waals surface area contributed by atoms with E-state index >= 15 is 0 Å². The molecule has 1 atom stereocenters. The zero-order chi connectivity index (χ0) is 21.1. The number of aliphatic hydroxyl groups is 1. The molecule has 4 heteroatoms. The fourth-order valence-electron chi connectivity index (χ4n) is 3.68. The molecule has 3 aromatic carbocycles. The SMILES string of the molecule is Cc1cccc(N2C(=O)C(O)=C(C(=O)C=Cc3ccccc3)C2c2ccccc2)c1. The van der Waals surface area contributed by atoms with Crippen LogP contribution in [0, 0.1) is 6.92 Å². The lowest BCUT2D eigenvalue weighted by molar-refractivity contribution is -0.117. The van der Waals surface area contributed by atoms with Crippen molar-refractivity contribution in [3.8, 4) is 0 Å². The van der Waals surface area contributed by atoms with Crippen LogP contribution in [0.4, 0.5) is 5.69 Å². The quantitative estimate of drug-likeness (QED) is 0.606. The molecule has 1 aliphatic rings. The molecule has 0 fully saturated rings. The van der Waals surface area contributed by atoms with E-state index in [4.69, 9.17) is 0 Å². The second kappa shape index (κ2) is 8.21. The molecule has 4 rings (SSSR count). The summed E-state index contributed by atoms with van der Waals surface area (Å²) in [4.78, 5) is 27.6. The highest BCUT2D eigenvalue weighted by Crippen LogP contribution is 2.41. The van der Waals surface area contributed by atoms with Crippen LogP contribution in [0.5, 0.6) is 0 Å². The number of ketones is 1. The predicted octanol–water partition coefficient (Wildman–Crippen LogP) is 5.18. The number of aliphatic hydroxyl groups excluding tert-OH is 1. The van der Waals surface area contributed by atoms with Gasteiger partial charge in [0.2, 0.25) is 0 Å². The van der Waals surface area contributed by atoms with E-state index in [1.165, 1.54) is 11.0 Å². The first-order valence-electron chi connectivity index (χ1n) is 9.72. The van der Waals surface area contributed by atoms with Gasteiger partial charge in [0.15, 0.2) is 11.5 Å². The van der Waals surface area contributed by atoms with Gasteiger partial charge in [0, 0.05) is 5.69 Å². The number of anilines is 1. The van der Waals surface area contributed by atoms with Crippen LogP contribution in [0.2, 0.25) is 0 Å². The van der Waals surface area contributed by atoms with Gasteiger partial charge < -0.3 is 5.11 Å². The normalized spacial score (nSPS) is 16.5. The van der Waals surface area contributed by atoms with Crippen molar-refractivity contribution < 1.29 is 14.7 Å². The summed E-state index contributed by atoms with van der Waals surface area (Å²) in [5.41, 5.74) is 3.32. The molecule has 0 radical (unpaired) electrons. The van der Waals surface area contributed by atoms with Crippen molar-refractivity contribution in [1.82, 2.24) is 0 Å². The number of hydrogen-bond acceptors (Lipinski definition) is 3. The Bertz CT molecular complexity index is 1150. The Morgan fingerprint density at radius 3 is 2.27 bits per heavy atom. The molecule has 0 saturated carbocycles. The van der Waals surface area contributed by atoms with E-state index in [9.17, 15) is 14.7 Å². The highest BCUT2D eigenvalue weighted by Gasteiger charge is 2.43. The molecule has 30 heavy (non-hydrogen) atoms. The van der Waals surface area contributed by atoms with Crippen molar-refractivity contribution in [3.63, 3.8) is 0 Å². The van der Waals surface area contributed by atoms with Gasteiger partial charge >= 0.3 is 0 Å². The van der Waals surface area contributed by atoms with Crippen LogP contribution in [0.1, 0.15) is 22.7 Å². The number of amides is 1. The fourth-order valence-corrected chi connectivity index (χ4v) is 3.68. The Morgan fingerprint density at radius 2 is 1.60 bits per heavy atom. The molecule has 4 nitrogen and oxygen atoms in total. The van der Waals surface area contributed by atoms with Crippen LogP contribution in [-0.2, 0) is 9.59 Å². The molecule has 0 aromatic heterocycles. The highest BCUT2D eigenvalue weighted by atomic mass is 16.3. The maximum absolute atomic E-state index is 13.1. The maximum atomic E-state index is 13.1. The number of nitrogens with zero attached hydrogens (tertiary/aromatic N) is 1. The second-order valence-electron chi connectivity index (χ2n) is 7.20. The van der Waals surface area contributed by atoms with Crippen LogP contribution >= 0.6 is 0 Å². The van der Waals surface area contributed by atoms with Crippen LogP contribution in [0.3, 0.4) is 0 Å². The molecule has 1 unspecified atom stereocenters. The third-order valence-electron chi connectivity index (χ3n) is 5.10. The average molecular weight is 395 g/mol. The van der Waals surface area contributed by atoms with Crippen molar-refractivity contribution >= 4 is 23.5 Å². The Kier molecular flexibility index (Phi) is 5.31. The zero-order valence-electron chi connectivity index (χ0n) is 16.5. The van der Waals surface area contributed by atoms with Crippen LogP contribution in [0.25, 0.3) is 6.08 Å². The first-order chi connectivity index (χ1) is 14.6. The standard InChI is InChI=1S/C26H21NO3/c1-18-9-8-14-21(17-18)27-24(20-12-6-3-7-13-20)23(25(29)26(27)30)22(28)16-15-19-10-4-2-5-11-19/h2-17,24,29H,1H3. The van der Waals surface area contributed by atoms with Gasteiger partial charge in [0.05, 0.1) is 11.6 Å². The van der Waals surface area contributed by atoms with Crippen molar-refractivity contribution in [1.29, 1.82) is 0 Å². The van der Waals surface area contributed by atoms with Gasteiger partial charge in [-0.05, 0) is 41.8 Å². The van der Waals surface area contributed by atoms with Crippen LogP contribution in [-0.4, -0.2) is 16.8 Å². The molecule has 1 heterocycles. The number of carbonyl (C=O) groups is 2. The molecule has 3 aromatic rings. The van der Waals surface area contributed by atoms with Crippen LogP contribution < -0.4 is 4.90 Å². The van der Waals surface area contributed by atoms with Crippen molar-refractivity contribution in [2.45, 2.75) is 13.0 Å². The molecule has 0 spiro atoms. The lowest BCUT2D eigenvalue weighted by atomic mass is 9.95. The van der Waals surface area contributed by atoms with Crippen molar-refractivity contribution in [2.75, 3.05) is 4.90 Å². The number of carbonyl (C=O) groups excluding carboxylic acids is 2. The summed E-state index contributed by atoms with van der Waals surface area (Å²) in [6.07, 6.45) is 3.09. The third-order valence-corrected chi connectivity index (χ3v) is 5.10. The number of aryl methyl sites for hydroxylation is 1. The topological polar surface area (TPSA) is 57.6 Å². The number of rotatable bonds is 5. The van der Waals surface area contributed by atoms with E-state index in [1.807, 2.05) is 85.8 Å². The molecule has 0 aliphatic carbocycles. The summed E-state index contributed by atoms with van der Waals surface area (Å²) in [5, 5.41) is 10.7. The smallest absolute Gasteiger partial charge is 0.294 e. The van der Waals surface area contributed by atoms with Gasteiger partial charge in [-0.1, -0.05) is 78.9 Å². The summed E-state index contributed by atoms with van der Waals surface area (Å²) in [6.45, 7) is 1.93. The Hall–Kier alpha value is -3.92. The van der Waals surface area contributed by atoms with E-state index in [0.29, 0.717) is 5.69 Å². The van der Waals surface area contributed by atoms with Crippen molar-refractivity contribution in [3.05, 3.63) is 119 Å². The fraction of sp³-hybridized carbons (Fsp3) is 0.0769. The summed E-state index contributed by atoms with van der Waals surface area (Å²) < 4.78 is 0. The molecule has 1 aliphatic heterocycles. The summed E-state index contributed by atoms with van der Waals surface area (Å²) >= 11 is 0. The van der Waals surface area contributed by atoms with Crippen LogP contribution in [0.15, 0.2) is 102 Å². The van der Waals surface area contributed by atoms with E-state index < -0.39 is 23.5 Å². The molecule has 0 saturated heterocycles. The summed E-state index contributed by atoms with van der Waals surface area (Å²) in [6, 6.07) is 25.5. The molecular formula is C26H21NO3. The largest absolute Gasteiger partial charge is 0.503 e. The van der Waals surface area contributed by atoms with E-state index in [2.05, 4.69) is 0 Å². The number of hydrogen-bond donors (Lipinski definition) is 1. The Morgan fingerprint density at radius 1 is 0.933 bits per heavy atom. The predicted molar refractivity (Wildman–Crippen MR) is 118 cm³/mol. The molecular weight excluding hydrogens is 374 g/mol. The van der Waals surface area contributed by atoms with Crippen molar-refractivity contribution in [2.24, 2.45) is 0 Å². The minimum Gasteiger partial charge on any atom is -0.503 e. The van der Waals surface area contributed by atoms with E-state index in [1.54, 1.807) is 12.1 Å². The molecule has 1 N–H and O–H groups in total. The Labute approximate surface area is 175 Å². The highest BCUT2D eigenvalue weighted by molar-refractivity contribution is 6.19. The van der Waals surface area contributed by atoms with Gasteiger partial charge in [-0.25, -0.2) is 0 Å². The average Bonchev–Trinajstić information content (AvgIpc) is 3.04. The lowest BCUT2D eigenvalue weighted by Gasteiger charge is -2.27. The number of allylic oxidation sites excluding steroid dienone is 1. The summed E-state index contributed by atoms with van der Waals surface area (Å²) in [5.74, 6) is -1.48. The van der Waals surface area contributed by atoms with Gasteiger partial charge in [-0.3, -0.25) is 14.5 Å². The molecule has 148 valence electrons. The lowest BCUT2D eigenvalue weighted by Crippen LogP contribution is -2.30. The zero-order valence-corrected chi connectivity index (χ0v) is 16.5. The van der Waals surface area contributed by atoms with Gasteiger partial charge in [0.1, 0.15) is 0 Å². The first-order valence-corrected chi connectivity index (χ1v) is 9.72. The van der Waals surface area contributed by atoms with Gasteiger partial charge in [0.25, 0.3) is 5.91 Å². The first kappa shape index (κ1) is 19.4. The maximum Gasteiger partial charge on any atom is 0.294 e. The van der Waals surface area contributed by atoms with E-state index in [-0.39, 0.29) is 5.57 Å². The van der Waals surface area contributed by atoms with E-state index in [0.717, 1.165) is 16.7 Å².